The van der Waals surface area contributed by atoms with E-state index < -0.39 is 0 Å². The highest BCUT2D eigenvalue weighted by Crippen LogP contribution is 2.31. The molecule has 0 saturated heterocycles. The monoisotopic (exact) mass is 401 g/mol. The van der Waals surface area contributed by atoms with Crippen molar-refractivity contribution in [3.8, 4) is 29.0 Å². The van der Waals surface area contributed by atoms with Crippen molar-refractivity contribution in [2.75, 3.05) is 20.5 Å². The van der Waals surface area contributed by atoms with Crippen LogP contribution in [0.1, 0.15) is 12.8 Å². The lowest BCUT2D eigenvalue weighted by Gasteiger charge is -2.34. The molecule has 2 aromatic heterocycles. The molecular weight excluding hydrogens is 381 g/mol. The Morgan fingerprint density at radius 1 is 1.07 bits per heavy atom. The summed E-state index contributed by atoms with van der Waals surface area (Å²) in [7, 11) is 1.52. The molecule has 1 saturated carbocycles. The minimum atomic E-state index is -0.273. The first-order valence-electron chi connectivity index (χ1n) is 9.15. The zero-order chi connectivity index (χ0) is 20.1. The van der Waals surface area contributed by atoms with E-state index in [2.05, 4.69) is 15.1 Å². The normalized spacial score (nSPS) is 18.1. The van der Waals surface area contributed by atoms with Gasteiger partial charge in [-0.3, -0.25) is 0 Å². The molecule has 2 heterocycles. The molecule has 0 N–H and O–H groups in total. The summed E-state index contributed by atoms with van der Waals surface area (Å²) in [4.78, 5) is 8.56. The second kappa shape index (κ2) is 8.87. The second-order valence-corrected chi connectivity index (χ2v) is 6.66. The van der Waals surface area contributed by atoms with Gasteiger partial charge in [0.25, 0.3) is 5.88 Å². The fraction of sp³-hybridized carbons (Fsp3) is 0.350. The maximum atomic E-state index is 12.9. The number of methoxy groups -OCH3 is 1. The van der Waals surface area contributed by atoms with E-state index >= 15 is 0 Å². The first-order chi connectivity index (χ1) is 14.2. The van der Waals surface area contributed by atoms with E-state index in [1.807, 2.05) is 0 Å². The molecule has 4 rings (SSSR count). The quantitative estimate of drug-likeness (QED) is 0.504. The standard InChI is InChI=1S/C20H20FN3O5/c1-25-12-27-19-8-18(29-24-19)17-9-23-20(10-22-17)28-16-6-13(7-16)11-26-15-4-2-14(21)3-5-15/h2-5,8-10,13,16H,6-7,11-12H2,1H3/t13-,16+. The van der Waals surface area contributed by atoms with Gasteiger partial charge in [0, 0.05) is 7.11 Å². The Bertz CT molecular complexity index is 911. The zero-order valence-corrected chi connectivity index (χ0v) is 15.8. The van der Waals surface area contributed by atoms with Gasteiger partial charge in [-0.25, -0.2) is 14.4 Å². The fourth-order valence-corrected chi connectivity index (χ4v) is 2.89. The minimum Gasteiger partial charge on any atom is -0.493 e. The number of ether oxygens (including phenoxy) is 4. The van der Waals surface area contributed by atoms with Crippen LogP contribution in [-0.4, -0.2) is 41.7 Å². The van der Waals surface area contributed by atoms with Crippen molar-refractivity contribution in [2.24, 2.45) is 5.92 Å². The highest BCUT2D eigenvalue weighted by molar-refractivity contribution is 5.51. The molecule has 0 atom stereocenters. The molecule has 8 nitrogen and oxygen atoms in total. The molecule has 1 fully saturated rings. The van der Waals surface area contributed by atoms with Crippen molar-refractivity contribution in [1.82, 2.24) is 15.1 Å². The van der Waals surface area contributed by atoms with Crippen LogP contribution >= 0.6 is 0 Å². The van der Waals surface area contributed by atoms with Crippen molar-refractivity contribution in [2.45, 2.75) is 18.9 Å². The predicted molar refractivity (Wildman–Crippen MR) is 99.1 cm³/mol. The van der Waals surface area contributed by atoms with Gasteiger partial charge in [-0.15, -0.1) is 0 Å². The topological polar surface area (TPSA) is 88.7 Å². The van der Waals surface area contributed by atoms with Gasteiger partial charge in [0.2, 0.25) is 5.88 Å². The van der Waals surface area contributed by atoms with Gasteiger partial charge in [-0.1, -0.05) is 0 Å². The summed E-state index contributed by atoms with van der Waals surface area (Å²) < 4.78 is 39.6. The van der Waals surface area contributed by atoms with Gasteiger partial charge >= 0.3 is 0 Å². The third-order valence-corrected chi connectivity index (χ3v) is 4.47. The molecule has 1 aliphatic carbocycles. The van der Waals surface area contributed by atoms with Gasteiger partial charge in [0.15, 0.2) is 12.6 Å². The number of hydrogen-bond donors (Lipinski definition) is 0. The summed E-state index contributed by atoms with van der Waals surface area (Å²) in [6, 6.07) is 7.63. The van der Waals surface area contributed by atoms with Crippen LogP contribution in [0.3, 0.4) is 0 Å². The first kappa shape index (κ1) is 19.1. The summed E-state index contributed by atoms with van der Waals surface area (Å²) in [5.41, 5.74) is 0.524. The average molecular weight is 401 g/mol. The van der Waals surface area contributed by atoms with Crippen LogP contribution in [-0.2, 0) is 4.74 Å². The van der Waals surface area contributed by atoms with Crippen molar-refractivity contribution in [1.29, 1.82) is 0 Å². The van der Waals surface area contributed by atoms with E-state index in [4.69, 9.17) is 23.5 Å². The maximum absolute atomic E-state index is 12.9. The van der Waals surface area contributed by atoms with Crippen molar-refractivity contribution in [3.63, 3.8) is 0 Å². The molecule has 9 heteroatoms. The fourth-order valence-electron chi connectivity index (χ4n) is 2.89. The molecule has 0 bridgehead atoms. The van der Waals surface area contributed by atoms with Crippen LogP contribution in [0, 0.1) is 11.7 Å². The molecule has 152 valence electrons. The van der Waals surface area contributed by atoms with Gasteiger partial charge in [-0.05, 0) is 48.2 Å². The third-order valence-electron chi connectivity index (χ3n) is 4.47. The SMILES string of the molecule is COCOc1cc(-c2cnc(O[C@H]3C[C@@H](COc4ccc(F)cc4)C3)cn2)on1. The predicted octanol–water partition coefficient (Wildman–Crippen LogP) is 3.49. The lowest BCUT2D eigenvalue weighted by molar-refractivity contribution is 0.0353. The zero-order valence-electron chi connectivity index (χ0n) is 15.8. The first-order valence-corrected chi connectivity index (χ1v) is 9.15. The number of halogens is 1. The summed E-state index contributed by atoms with van der Waals surface area (Å²) in [5.74, 6) is 2.00. The number of benzene rings is 1. The second-order valence-electron chi connectivity index (χ2n) is 6.66. The molecule has 1 aliphatic rings. The molecule has 0 amide bonds. The van der Waals surface area contributed by atoms with Crippen LogP contribution in [0.15, 0.2) is 47.2 Å². The molecule has 3 aromatic rings. The highest BCUT2D eigenvalue weighted by Gasteiger charge is 2.31. The number of nitrogens with zero attached hydrogens (tertiary/aromatic N) is 3. The smallest absolute Gasteiger partial charge is 0.256 e. The average Bonchev–Trinajstić information content (AvgIpc) is 3.19. The Labute approximate surface area is 166 Å². The van der Waals surface area contributed by atoms with E-state index in [0.29, 0.717) is 41.5 Å². The van der Waals surface area contributed by atoms with Crippen LogP contribution < -0.4 is 14.2 Å². The van der Waals surface area contributed by atoms with Gasteiger partial charge in [0.05, 0.1) is 25.1 Å². The molecule has 0 radical (unpaired) electrons. The van der Waals surface area contributed by atoms with Crippen molar-refractivity contribution in [3.05, 3.63) is 48.5 Å². The summed E-state index contributed by atoms with van der Waals surface area (Å²) in [5, 5.41) is 3.77. The van der Waals surface area contributed by atoms with Crippen LogP contribution in [0.2, 0.25) is 0 Å². The van der Waals surface area contributed by atoms with Crippen LogP contribution in [0.5, 0.6) is 17.5 Å². The molecule has 1 aromatic carbocycles. The van der Waals surface area contributed by atoms with Crippen LogP contribution in [0.4, 0.5) is 4.39 Å². The van der Waals surface area contributed by atoms with Gasteiger partial charge in [0.1, 0.15) is 23.4 Å². The summed E-state index contributed by atoms with van der Waals surface area (Å²) in [6.45, 7) is 0.664. The largest absolute Gasteiger partial charge is 0.493 e. The Hall–Kier alpha value is -3.20. The number of hydrogen-bond acceptors (Lipinski definition) is 8. The minimum absolute atomic E-state index is 0.0799. The van der Waals surface area contributed by atoms with Crippen molar-refractivity contribution >= 4 is 0 Å². The maximum Gasteiger partial charge on any atom is 0.256 e. The Morgan fingerprint density at radius 2 is 1.90 bits per heavy atom. The number of rotatable bonds is 9. The van der Waals surface area contributed by atoms with Crippen molar-refractivity contribution < 1.29 is 27.9 Å². The summed E-state index contributed by atoms with van der Waals surface area (Å²) in [6.07, 6.45) is 4.93. The Balaban J connectivity index is 1.22. The Kier molecular flexibility index (Phi) is 5.85. The van der Waals surface area contributed by atoms with Gasteiger partial charge in [-0.2, -0.15) is 0 Å². The van der Waals surface area contributed by atoms with E-state index in [0.717, 1.165) is 12.8 Å². The Morgan fingerprint density at radius 3 is 2.62 bits per heavy atom. The third kappa shape index (κ3) is 5.00. The molecule has 0 unspecified atom stereocenters. The van der Waals surface area contributed by atoms with Crippen LogP contribution in [0.25, 0.3) is 11.5 Å². The van der Waals surface area contributed by atoms with E-state index in [1.165, 1.54) is 19.2 Å². The lowest BCUT2D eigenvalue weighted by atomic mass is 9.83. The molecule has 29 heavy (non-hydrogen) atoms. The van der Waals surface area contributed by atoms with E-state index in [9.17, 15) is 4.39 Å². The highest BCUT2D eigenvalue weighted by atomic mass is 19.1. The molecule has 0 spiro atoms. The molecular formula is C20H20FN3O5. The van der Waals surface area contributed by atoms with E-state index in [-0.39, 0.29) is 18.7 Å². The molecule has 0 aliphatic heterocycles. The lowest BCUT2D eigenvalue weighted by Crippen LogP contribution is -2.37. The van der Waals surface area contributed by atoms with E-state index in [1.54, 1.807) is 30.6 Å². The summed E-state index contributed by atoms with van der Waals surface area (Å²) >= 11 is 0. The number of aromatic nitrogens is 3. The van der Waals surface area contributed by atoms with Gasteiger partial charge < -0.3 is 23.5 Å².